The molecular weight excluding hydrogens is 338 g/mol. The molecule has 8 nitrogen and oxygen atoms in total. The van der Waals surface area contributed by atoms with Crippen molar-refractivity contribution in [3.05, 3.63) is 58.6 Å². The van der Waals surface area contributed by atoms with Crippen molar-refractivity contribution in [2.24, 2.45) is 0 Å². The fraction of sp³-hybridized carbons (Fsp3) is 0.222. The highest BCUT2D eigenvalue weighted by molar-refractivity contribution is 6.04. The molecule has 0 spiro atoms. The molecule has 0 radical (unpaired) electrons. The molecule has 0 bridgehead atoms. The summed E-state index contributed by atoms with van der Waals surface area (Å²) in [6.07, 6.45) is 0.179. The van der Waals surface area contributed by atoms with Crippen molar-refractivity contribution in [1.29, 1.82) is 0 Å². The number of nitrogens with one attached hydrogen (secondary N) is 1. The Balaban J connectivity index is 1.76. The molecule has 0 saturated carbocycles. The third kappa shape index (κ3) is 3.64. The molecular formula is C18H17N3O5. The fourth-order valence-electron chi connectivity index (χ4n) is 2.85. The number of hydrogen-bond acceptors (Lipinski definition) is 5. The number of amides is 2. The van der Waals surface area contributed by atoms with Crippen LogP contribution in [-0.4, -0.2) is 29.4 Å². The van der Waals surface area contributed by atoms with Crippen molar-refractivity contribution in [3.63, 3.8) is 0 Å². The van der Waals surface area contributed by atoms with Gasteiger partial charge in [-0.2, -0.15) is 0 Å². The maximum atomic E-state index is 12.7. The van der Waals surface area contributed by atoms with Gasteiger partial charge >= 0.3 is 0 Å². The Kier molecular flexibility index (Phi) is 4.83. The molecule has 0 fully saturated rings. The summed E-state index contributed by atoms with van der Waals surface area (Å²) in [4.78, 5) is 36.4. The first-order valence-corrected chi connectivity index (χ1v) is 8.04. The SMILES string of the molecule is CC1CC(=O)Nc2ccccc2N1C(=O)COc1ccc([N+](=O)[O-])cc1. The van der Waals surface area contributed by atoms with Crippen LogP contribution < -0.4 is 15.0 Å². The molecule has 134 valence electrons. The summed E-state index contributed by atoms with van der Waals surface area (Å²) in [5.41, 5.74) is 1.14. The van der Waals surface area contributed by atoms with Crippen molar-refractivity contribution >= 4 is 28.9 Å². The van der Waals surface area contributed by atoms with Gasteiger partial charge in [0.25, 0.3) is 11.6 Å². The highest BCUT2D eigenvalue weighted by atomic mass is 16.6. The molecule has 1 heterocycles. The van der Waals surface area contributed by atoms with E-state index in [4.69, 9.17) is 4.74 Å². The summed E-state index contributed by atoms with van der Waals surface area (Å²) in [5, 5.41) is 13.5. The molecule has 1 unspecified atom stereocenters. The average Bonchev–Trinajstić information content (AvgIpc) is 2.74. The van der Waals surface area contributed by atoms with Gasteiger partial charge in [0.05, 0.1) is 16.3 Å². The van der Waals surface area contributed by atoms with Gasteiger partial charge in [0.15, 0.2) is 6.61 Å². The van der Waals surface area contributed by atoms with E-state index < -0.39 is 4.92 Å². The van der Waals surface area contributed by atoms with Crippen LogP contribution in [0.3, 0.4) is 0 Å². The Bertz CT molecular complexity index is 850. The summed E-state index contributed by atoms with van der Waals surface area (Å²) in [5.74, 6) is -0.106. The Labute approximate surface area is 149 Å². The molecule has 2 amide bonds. The van der Waals surface area contributed by atoms with Gasteiger partial charge in [0, 0.05) is 24.6 Å². The molecule has 26 heavy (non-hydrogen) atoms. The van der Waals surface area contributed by atoms with E-state index in [-0.39, 0.29) is 36.6 Å². The minimum atomic E-state index is -0.505. The number of nitrogens with zero attached hydrogens (tertiary/aromatic N) is 2. The molecule has 0 saturated heterocycles. The van der Waals surface area contributed by atoms with E-state index in [0.717, 1.165) is 0 Å². The second-order valence-corrected chi connectivity index (χ2v) is 5.92. The van der Waals surface area contributed by atoms with E-state index in [0.29, 0.717) is 17.1 Å². The molecule has 8 heteroatoms. The number of hydrogen-bond donors (Lipinski definition) is 1. The van der Waals surface area contributed by atoms with E-state index in [1.807, 2.05) is 0 Å². The smallest absolute Gasteiger partial charge is 0.269 e. The zero-order valence-corrected chi connectivity index (χ0v) is 14.0. The molecule has 0 aliphatic carbocycles. The van der Waals surface area contributed by atoms with Gasteiger partial charge in [-0.1, -0.05) is 12.1 Å². The van der Waals surface area contributed by atoms with Crippen LogP contribution >= 0.6 is 0 Å². The second kappa shape index (κ2) is 7.22. The van der Waals surface area contributed by atoms with Gasteiger partial charge in [-0.25, -0.2) is 0 Å². The number of anilines is 2. The number of benzene rings is 2. The largest absolute Gasteiger partial charge is 0.484 e. The maximum Gasteiger partial charge on any atom is 0.269 e. The Morgan fingerprint density at radius 3 is 2.65 bits per heavy atom. The number of fused-ring (bicyclic) bond motifs is 1. The highest BCUT2D eigenvalue weighted by Gasteiger charge is 2.29. The molecule has 1 atom stereocenters. The number of nitro groups is 1. The zero-order valence-electron chi connectivity index (χ0n) is 14.0. The van der Waals surface area contributed by atoms with E-state index in [1.165, 1.54) is 24.3 Å². The first-order chi connectivity index (χ1) is 12.5. The molecule has 2 aromatic rings. The lowest BCUT2D eigenvalue weighted by atomic mass is 10.1. The number of carbonyl (C=O) groups is 2. The predicted molar refractivity (Wildman–Crippen MR) is 95.2 cm³/mol. The van der Waals surface area contributed by atoms with Crippen LogP contribution in [0.1, 0.15) is 13.3 Å². The maximum absolute atomic E-state index is 12.7. The standard InChI is InChI=1S/C18H17N3O5/c1-12-10-17(22)19-15-4-2-3-5-16(15)20(12)18(23)11-26-14-8-6-13(7-9-14)21(24)25/h2-9,12H,10-11H2,1H3,(H,19,22). The van der Waals surface area contributed by atoms with Gasteiger partial charge in [-0.15, -0.1) is 0 Å². The van der Waals surface area contributed by atoms with Gasteiger partial charge in [0.1, 0.15) is 5.75 Å². The van der Waals surface area contributed by atoms with Crippen molar-refractivity contribution in [2.75, 3.05) is 16.8 Å². The van der Waals surface area contributed by atoms with Crippen LogP contribution in [0.4, 0.5) is 17.1 Å². The monoisotopic (exact) mass is 355 g/mol. The van der Waals surface area contributed by atoms with Gasteiger partial charge < -0.3 is 15.0 Å². The summed E-state index contributed by atoms with van der Waals surface area (Å²) in [6.45, 7) is 1.55. The number of carbonyl (C=O) groups excluding carboxylic acids is 2. The molecule has 0 aromatic heterocycles. The predicted octanol–water partition coefficient (Wildman–Crippen LogP) is 2.74. The van der Waals surface area contributed by atoms with Crippen molar-refractivity contribution in [2.45, 2.75) is 19.4 Å². The Morgan fingerprint density at radius 1 is 1.27 bits per heavy atom. The number of non-ortho nitro benzene ring substituents is 1. The lowest BCUT2D eigenvalue weighted by Crippen LogP contribution is -2.41. The van der Waals surface area contributed by atoms with Gasteiger partial charge in [-0.3, -0.25) is 19.7 Å². The van der Waals surface area contributed by atoms with Crippen LogP contribution in [-0.2, 0) is 9.59 Å². The summed E-state index contributed by atoms with van der Waals surface area (Å²) >= 11 is 0. The topological polar surface area (TPSA) is 102 Å². The van der Waals surface area contributed by atoms with E-state index >= 15 is 0 Å². The fourth-order valence-corrected chi connectivity index (χ4v) is 2.85. The first-order valence-electron chi connectivity index (χ1n) is 8.04. The van der Waals surface area contributed by atoms with Crippen LogP contribution in [0.15, 0.2) is 48.5 Å². The van der Waals surface area contributed by atoms with Crippen LogP contribution in [0.25, 0.3) is 0 Å². The second-order valence-electron chi connectivity index (χ2n) is 5.92. The number of para-hydroxylation sites is 2. The molecule has 1 aliphatic heterocycles. The lowest BCUT2D eigenvalue weighted by Gasteiger charge is -2.27. The average molecular weight is 355 g/mol. The normalized spacial score (nSPS) is 16.3. The Morgan fingerprint density at radius 2 is 1.96 bits per heavy atom. The molecule has 3 rings (SSSR count). The third-order valence-corrected chi connectivity index (χ3v) is 4.04. The number of nitro benzene ring substituents is 1. The first kappa shape index (κ1) is 17.4. The van der Waals surface area contributed by atoms with Crippen molar-refractivity contribution in [1.82, 2.24) is 0 Å². The minimum absolute atomic E-state index is 0.0525. The van der Waals surface area contributed by atoms with Crippen LogP contribution in [0.2, 0.25) is 0 Å². The Hall–Kier alpha value is -3.42. The van der Waals surface area contributed by atoms with Gasteiger partial charge in [0.2, 0.25) is 5.91 Å². The van der Waals surface area contributed by atoms with Crippen molar-refractivity contribution < 1.29 is 19.2 Å². The quantitative estimate of drug-likeness (QED) is 0.671. The molecule has 1 aliphatic rings. The van der Waals surface area contributed by atoms with E-state index in [1.54, 1.807) is 36.1 Å². The summed E-state index contributed by atoms with van der Waals surface area (Å²) in [7, 11) is 0. The minimum Gasteiger partial charge on any atom is -0.484 e. The number of ether oxygens (including phenoxy) is 1. The lowest BCUT2D eigenvalue weighted by molar-refractivity contribution is -0.384. The molecule has 2 aromatic carbocycles. The molecule has 1 N–H and O–H groups in total. The van der Waals surface area contributed by atoms with Crippen LogP contribution in [0.5, 0.6) is 5.75 Å². The van der Waals surface area contributed by atoms with E-state index in [9.17, 15) is 19.7 Å². The third-order valence-electron chi connectivity index (χ3n) is 4.04. The van der Waals surface area contributed by atoms with Gasteiger partial charge in [-0.05, 0) is 31.2 Å². The summed E-state index contributed by atoms with van der Waals surface area (Å²) in [6, 6.07) is 12.3. The van der Waals surface area contributed by atoms with E-state index in [2.05, 4.69) is 5.32 Å². The van der Waals surface area contributed by atoms with Crippen molar-refractivity contribution in [3.8, 4) is 5.75 Å². The summed E-state index contributed by atoms with van der Waals surface area (Å²) < 4.78 is 5.47. The zero-order chi connectivity index (χ0) is 18.7. The van der Waals surface area contributed by atoms with Crippen LogP contribution in [0, 0.1) is 10.1 Å². The highest BCUT2D eigenvalue weighted by Crippen LogP contribution is 2.31. The number of rotatable bonds is 4.